The monoisotopic (exact) mass is 589 g/mol. The SMILES string of the molecule is CCCCc1cc2cc(C(=O)CCNCC(=O)OC)ccn2c1C(=O)c1ccc(CCC(N)(CCCC)CCCC)cc1. The molecule has 0 radical (unpaired) electrons. The summed E-state index contributed by atoms with van der Waals surface area (Å²) in [5.74, 6) is -0.399. The average Bonchev–Trinajstić information content (AvgIpc) is 3.40. The molecule has 0 aliphatic carbocycles. The van der Waals surface area contributed by atoms with Gasteiger partial charge in [-0.15, -0.1) is 0 Å². The van der Waals surface area contributed by atoms with E-state index in [0.717, 1.165) is 81.7 Å². The molecule has 43 heavy (non-hydrogen) atoms. The number of unbranched alkanes of at least 4 members (excludes halogenated alkanes) is 3. The van der Waals surface area contributed by atoms with Crippen LogP contribution < -0.4 is 11.1 Å². The Morgan fingerprint density at radius 3 is 2.16 bits per heavy atom. The fourth-order valence-electron chi connectivity index (χ4n) is 5.62. The molecule has 2 heterocycles. The number of ether oxygens (including phenoxy) is 1. The van der Waals surface area contributed by atoms with Crippen LogP contribution in [0.3, 0.4) is 0 Å². The number of benzene rings is 1. The summed E-state index contributed by atoms with van der Waals surface area (Å²) in [5.41, 5.74) is 11.7. The van der Waals surface area contributed by atoms with Gasteiger partial charge in [0.15, 0.2) is 5.78 Å². The first-order valence-corrected chi connectivity index (χ1v) is 16.1. The fourth-order valence-corrected chi connectivity index (χ4v) is 5.62. The van der Waals surface area contributed by atoms with Crippen LogP contribution in [0.15, 0.2) is 48.7 Å². The van der Waals surface area contributed by atoms with Crippen molar-refractivity contribution in [3.8, 4) is 0 Å². The number of pyridine rings is 1. The molecule has 234 valence electrons. The molecule has 0 aliphatic heterocycles. The Hall–Kier alpha value is -3.29. The van der Waals surface area contributed by atoms with Crippen LogP contribution in [0.25, 0.3) is 5.52 Å². The van der Waals surface area contributed by atoms with Crippen molar-refractivity contribution in [1.82, 2.24) is 9.72 Å². The molecule has 7 heteroatoms. The summed E-state index contributed by atoms with van der Waals surface area (Å²) in [6.07, 6.45) is 13.5. The maximum Gasteiger partial charge on any atom is 0.319 e. The molecular weight excluding hydrogens is 538 g/mol. The van der Waals surface area contributed by atoms with E-state index in [-0.39, 0.29) is 36.0 Å². The number of carbonyl (C=O) groups excluding carboxylic acids is 3. The Morgan fingerprint density at radius 2 is 1.53 bits per heavy atom. The molecule has 0 fully saturated rings. The van der Waals surface area contributed by atoms with E-state index in [1.54, 1.807) is 6.07 Å². The van der Waals surface area contributed by atoms with Gasteiger partial charge in [-0.2, -0.15) is 0 Å². The van der Waals surface area contributed by atoms with E-state index in [9.17, 15) is 14.4 Å². The van der Waals surface area contributed by atoms with Gasteiger partial charge in [-0.1, -0.05) is 77.1 Å². The van der Waals surface area contributed by atoms with Gasteiger partial charge in [0.1, 0.15) is 0 Å². The summed E-state index contributed by atoms with van der Waals surface area (Å²) < 4.78 is 6.53. The lowest BCUT2D eigenvalue weighted by Crippen LogP contribution is -2.40. The smallest absolute Gasteiger partial charge is 0.319 e. The maximum absolute atomic E-state index is 13.9. The highest BCUT2D eigenvalue weighted by molar-refractivity contribution is 6.10. The van der Waals surface area contributed by atoms with Gasteiger partial charge in [0.2, 0.25) is 5.78 Å². The molecule has 0 aliphatic rings. The number of carbonyl (C=O) groups is 3. The predicted molar refractivity (Wildman–Crippen MR) is 174 cm³/mol. The molecule has 0 saturated carbocycles. The lowest BCUT2D eigenvalue weighted by atomic mass is 9.83. The zero-order valence-electron chi connectivity index (χ0n) is 26.7. The Kier molecular flexibility index (Phi) is 13.6. The van der Waals surface area contributed by atoms with E-state index in [2.05, 4.69) is 43.0 Å². The Morgan fingerprint density at radius 1 is 0.860 bits per heavy atom. The van der Waals surface area contributed by atoms with Gasteiger partial charge in [-0.05, 0) is 67.9 Å². The number of aromatic nitrogens is 1. The number of esters is 1. The Bertz CT molecular complexity index is 1330. The quantitative estimate of drug-likeness (QED) is 0.0848. The third-order valence-electron chi connectivity index (χ3n) is 8.40. The van der Waals surface area contributed by atoms with Crippen LogP contribution >= 0.6 is 0 Å². The number of hydrogen-bond donors (Lipinski definition) is 2. The average molecular weight is 590 g/mol. The predicted octanol–water partition coefficient (Wildman–Crippen LogP) is 6.86. The lowest BCUT2D eigenvalue weighted by Gasteiger charge is -2.30. The first kappa shape index (κ1) is 34.2. The number of methoxy groups -OCH3 is 1. The molecule has 0 bridgehead atoms. The second-order valence-corrected chi connectivity index (χ2v) is 11.9. The van der Waals surface area contributed by atoms with Gasteiger partial charge in [-0.25, -0.2) is 0 Å². The number of rotatable bonds is 20. The number of nitrogens with two attached hydrogens (primary N) is 1. The molecule has 7 nitrogen and oxygen atoms in total. The van der Waals surface area contributed by atoms with E-state index < -0.39 is 0 Å². The van der Waals surface area contributed by atoms with Crippen LogP contribution in [0.1, 0.15) is 123 Å². The number of hydrogen-bond acceptors (Lipinski definition) is 6. The first-order chi connectivity index (χ1) is 20.7. The van der Waals surface area contributed by atoms with Crippen LogP contribution in [-0.4, -0.2) is 47.7 Å². The fraction of sp³-hybridized carbons (Fsp3) is 0.528. The van der Waals surface area contributed by atoms with Crippen molar-refractivity contribution in [2.75, 3.05) is 20.2 Å². The van der Waals surface area contributed by atoms with E-state index in [1.807, 2.05) is 34.9 Å². The van der Waals surface area contributed by atoms with Crippen molar-refractivity contribution in [2.24, 2.45) is 5.73 Å². The van der Waals surface area contributed by atoms with Crippen molar-refractivity contribution < 1.29 is 19.1 Å². The summed E-state index contributed by atoms with van der Waals surface area (Å²) in [7, 11) is 1.33. The minimum absolute atomic E-state index is 0.0113. The molecule has 1 aromatic carbocycles. The third-order valence-corrected chi connectivity index (χ3v) is 8.40. The summed E-state index contributed by atoms with van der Waals surface area (Å²) >= 11 is 0. The minimum atomic E-state index is -0.365. The van der Waals surface area contributed by atoms with E-state index in [1.165, 1.54) is 12.7 Å². The normalized spacial score (nSPS) is 11.7. The Labute approximate surface area is 257 Å². The van der Waals surface area contributed by atoms with E-state index in [0.29, 0.717) is 23.4 Å². The lowest BCUT2D eigenvalue weighted by molar-refractivity contribution is -0.139. The highest BCUT2D eigenvalue weighted by atomic mass is 16.5. The second-order valence-electron chi connectivity index (χ2n) is 11.9. The van der Waals surface area contributed by atoms with Crippen LogP contribution in [0, 0.1) is 0 Å². The van der Waals surface area contributed by atoms with Crippen molar-refractivity contribution in [3.63, 3.8) is 0 Å². The summed E-state index contributed by atoms with van der Waals surface area (Å²) in [6, 6.07) is 13.7. The highest BCUT2D eigenvalue weighted by Gasteiger charge is 2.24. The molecule has 2 aromatic heterocycles. The number of Topliss-reactive ketones (excluding diaryl/α,β-unsaturated/α-hetero) is 1. The van der Waals surface area contributed by atoms with Crippen LogP contribution in [0.2, 0.25) is 0 Å². The van der Waals surface area contributed by atoms with Gasteiger partial charge in [0.25, 0.3) is 0 Å². The molecular formula is C36H51N3O4. The van der Waals surface area contributed by atoms with Crippen molar-refractivity contribution in [2.45, 2.75) is 103 Å². The van der Waals surface area contributed by atoms with Crippen LogP contribution in [0.4, 0.5) is 0 Å². The highest BCUT2D eigenvalue weighted by Crippen LogP contribution is 2.26. The van der Waals surface area contributed by atoms with Crippen molar-refractivity contribution >= 4 is 23.1 Å². The zero-order valence-corrected chi connectivity index (χ0v) is 26.7. The number of ketones is 2. The molecule has 3 aromatic rings. The van der Waals surface area contributed by atoms with Crippen molar-refractivity contribution in [3.05, 3.63) is 76.6 Å². The molecule has 0 spiro atoms. The molecule has 3 N–H and O–H groups in total. The molecule has 0 unspecified atom stereocenters. The van der Waals surface area contributed by atoms with Gasteiger partial charge < -0.3 is 20.2 Å². The zero-order chi connectivity index (χ0) is 31.2. The van der Waals surface area contributed by atoms with Gasteiger partial charge in [0.05, 0.1) is 19.3 Å². The number of nitrogens with one attached hydrogen (secondary N) is 1. The Balaban J connectivity index is 1.77. The molecule has 0 amide bonds. The number of aryl methyl sites for hydroxylation is 2. The topological polar surface area (TPSA) is 103 Å². The number of nitrogens with zero attached hydrogens (tertiary/aromatic N) is 1. The maximum atomic E-state index is 13.9. The van der Waals surface area contributed by atoms with Gasteiger partial charge in [0, 0.05) is 41.3 Å². The molecule has 0 saturated heterocycles. The summed E-state index contributed by atoms with van der Waals surface area (Å²) in [5, 5.41) is 2.93. The van der Waals surface area contributed by atoms with Gasteiger partial charge >= 0.3 is 5.97 Å². The minimum Gasteiger partial charge on any atom is -0.468 e. The van der Waals surface area contributed by atoms with Crippen molar-refractivity contribution in [1.29, 1.82) is 0 Å². The third kappa shape index (κ3) is 9.87. The number of fused-ring (bicyclic) bond motifs is 1. The van der Waals surface area contributed by atoms with Crippen LogP contribution in [-0.2, 0) is 22.4 Å². The second kappa shape index (κ2) is 17.1. The summed E-state index contributed by atoms with van der Waals surface area (Å²) in [4.78, 5) is 38.0. The van der Waals surface area contributed by atoms with Crippen LogP contribution in [0.5, 0.6) is 0 Å². The van der Waals surface area contributed by atoms with Gasteiger partial charge in [-0.3, -0.25) is 14.4 Å². The molecule has 3 rings (SSSR count). The standard InChI is InChI=1S/C36H51N3O4/c1-5-8-11-30-25-31-24-29(32(40)17-22-38-26-33(41)43-4)18-23-39(31)34(30)35(42)28-14-12-27(13-15-28)16-21-36(37,19-9-6-2)20-10-7-3/h12-15,18,23-25,38H,5-11,16-17,19-22,26,37H2,1-4H3. The summed E-state index contributed by atoms with van der Waals surface area (Å²) in [6.45, 7) is 7.02. The van der Waals surface area contributed by atoms with E-state index in [4.69, 9.17) is 5.73 Å². The first-order valence-electron chi connectivity index (χ1n) is 16.1. The van der Waals surface area contributed by atoms with E-state index >= 15 is 0 Å². The molecule has 0 atom stereocenters. The largest absolute Gasteiger partial charge is 0.468 e.